The normalized spacial score (nSPS) is 17.3. The lowest BCUT2D eigenvalue weighted by atomic mass is 10.1. The zero-order valence-electron chi connectivity index (χ0n) is 13.3. The molecule has 21 heavy (non-hydrogen) atoms. The van der Waals surface area contributed by atoms with Gasteiger partial charge in [-0.15, -0.1) is 0 Å². The Morgan fingerprint density at radius 1 is 1.43 bits per heavy atom. The van der Waals surface area contributed by atoms with Crippen molar-refractivity contribution < 1.29 is 0 Å². The first-order valence-electron chi connectivity index (χ1n) is 7.24. The molecule has 1 rings (SSSR count). The largest absolute Gasteiger partial charge is 0.281 e. The Hall–Kier alpha value is -1.61. The summed E-state index contributed by atoms with van der Waals surface area (Å²) in [4.78, 5) is 8.67. The van der Waals surface area contributed by atoms with E-state index in [9.17, 15) is 0 Å². The molecule has 0 atom stereocenters. The van der Waals surface area contributed by atoms with E-state index < -0.39 is 0 Å². The number of hydrogen-bond donors (Lipinski definition) is 0. The molecule has 0 saturated carbocycles. The van der Waals surface area contributed by atoms with Gasteiger partial charge in [0.05, 0.1) is 0 Å². The maximum absolute atomic E-state index is 4.40. The molecule has 0 amide bonds. The van der Waals surface area contributed by atoms with Crippen molar-refractivity contribution in [1.29, 1.82) is 0 Å². The first-order chi connectivity index (χ1) is 10.2. The predicted octanol–water partition coefficient (Wildman–Crippen LogP) is 5.48. The Labute approximate surface area is 132 Å². The standard InChI is InChI=1S/C18H24N2S/c1-5-7-10-16(6-2)11-13-21-18(19-4)17-14-20-12-8-9-15(17)3/h6-8,10-14H,5,9H2,1-4H3/b10-7-,13-11+,16-6+,19-18?. The lowest BCUT2D eigenvalue weighted by molar-refractivity contribution is 1.21. The van der Waals surface area contributed by atoms with E-state index in [-0.39, 0.29) is 0 Å². The molecule has 3 heteroatoms. The zero-order chi connectivity index (χ0) is 15.5. The monoisotopic (exact) mass is 300 g/mol. The minimum absolute atomic E-state index is 0.929. The van der Waals surface area contributed by atoms with Gasteiger partial charge in [0.25, 0.3) is 0 Å². The van der Waals surface area contributed by atoms with Gasteiger partial charge in [0.1, 0.15) is 5.04 Å². The smallest absolute Gasteiger partial charge is 0.103 e. The van der Waals surface area contributed by atoms with E-state index in [2.05, 4.69) is 66.5 Å². The Kier molecular flexibility index (Phi) is 8.44. The molecule has 0 bridgehead atoms. The summed E-state index contributed by atoms with van der Waals surface area (Å²) in [7, 11) is 1.83. The highest BCUT2D eigenvalue weighted by Crippen LogP contribution is 2.20. The Bertz CT molecular complexity index is 544. The molecule has 2 nitrogen and oxygen atoms in total. The maximum atomic E-state index is 4.40. The summed E-state index contributed by atoms with van der Waals surface area (Å²) in [6.45, 7) is 6.32. The lowest BCUT2D eigenvalue weighted by Gasteiger charge is -2.06. The van der Waals surface area contributed by atoms with Crippen LogP contribution in [0.2, 0.25) is 0 Å². The van der Waals surface area contributed by atoms with Crippen LogP contribution in [-0.2, 0) is 0 Å². The van der Waals surface area contributed by atoms with Crippen LogP contribution >= 0.6 is 11.8 Å². The third-order valence-electron chi connectivity index (χ3n) is 3.03. The highest BCUT2D eigenvalue weighted by molar-refractivity contribution is 8.17. The predicted molar refractivity (Wildman–Crippen MR) is 98.2 cm³/mol. The van der Waals surface area contributed by atoms with Gasteiger partial charge in [-0.05, 0) is 43.7 Å². The van der Waals surface area contributed by atoms with Crippen LogP contribution in [0.3, 0.4) is 0 Å². The van der Waals surface area contributed by atoms with Crippen molar-refractivity contribution in [3.63, 3.8) is 0 Å². The minimum atomic E-state index is 0.929. The average molecular weight is 300 g/mol. The van der Waals surface area contributed by atoms with E-state index in [0.717, 1.165) is 23.5 Å². The van der Waals surface area contributed by atoms with Crippen molar-refractivity contribution in [3.8, 4) is 0 Å². The Balaban J connectivity index is 2.78. The molecule has 0 N–H and O–H groups in total. The number of nitrogens with zero attached hydrogens (tertiary/aromatic N) is 2. The van der Waals surface area contributed by atoms with Crippen molar-refractivity contribution in [2.24, 2.45) is 9.98 Å². The summed E-state index contributed by atoms with van der Waals surface area (Å²) >= 11 is 1.64. The summed E-state index contributed by atoms with van der Waals surface area (Å²) in [5.74, 6) is 0. The van der Waals surface area contributed by atoms with Gasteiger partial charge in [-0.25, -0.2) is 0 Å². The van der Waals surface area contributed by atoms with Crippen LogP contribution in [0.1, 0.15) is 33.6 Å². The van der Waals surface area contributed by atoms with Crippen LogP contribution in [-0.4, -0.2) is 18.3 Å². The highest BCUT2D eigenvalue weighted by Gasteiger charge is 2.08. The molecule has 0 aromatic rings. The molecule has 0 spiro atoms. The van der Waals surface area contributed by atoms with Crippen LogP contribution < -0.4 is 0 Å². The van der Waals surface area contributed by atoms with Crippen molar-refractivity contribution in [3.05, 3.63) is 58.7 Å². The van der Waals surface area contributed by atoms with E-state index in [4.69, 9.17) is 0 Å². The molecule has 0 aliphatic carbocycles. The summed E-state index contributed by atoms with van der Waals surface area (Å²) in [5, 5.41) is 3.09. The first kappa shape index (κ1) is 17.4. The molecular weight excluding hydrogens is 276 g/mol. The highest BCUT2D eigenvalue weighted by atomic mass is 32.2. The number of allylic oxidation sites excluding steroid dienone is 7. The maximum Gasteiger partial charge on any atom is 0.103 e. The third kappa shape index (κ3) is 6.13. The lowest BCUT2D eigenvalue weighted by Crippen LogP contribution is -2.01. The van der Waals surface area contributed by atoms with E-state index in [1.54, 1.807) is 11.8 Å². The molecule has 1 heterocycles. The second kappa shape index (κ2) is 10.2. The molecule has 0 saturated heterocycles. The van der Waals surface area contributed by atoms with Gasteiger partial charge in [-0.1, -0.05) is 48.6 Å². The molecule has 1 aliphatic rings. The molecule has 0 radical (unpaired) electrons. The fourth-order valence-electron chi connectivity index (χ4n) is 1.78. The van der Waals surface area contributed by atoms with Crippen molar-refractivity contribution >= 4 is 23.0 Å². The van der Waals surface area contributed by atoms with Crippen LogP contribution in [0.5, 0.6) is 0 Å². The number of rotatable bonds is 5. The van der Waals surface area contributed by atoms with Crippen molar-refractivity contribution in [1.82, 2.24) is 0 Å². The SMILES string of the molecule is C/C=C(\C=C/CC)/C=C/SC(=NC)C1=C(C)CC=CN=C1. The molecule has 0 unspecified atom stereocenters. The molecule has 0 aromatic carbocycles. The van der Waals surface area contributed by atoms with Crippen LogP contribution in [0.25, 0.3) is 0 Å². The van der Waals surface area contributed by atoms with Gasteiger partial charge in [0.2, 0.25) is 0 Å². The van der Waals surface area contributed by atoms with Gasteiger partial charge in [-0.3, -0.25) is 9.98 Å². The number of aliphatic imine (C=N–C) groups is 2. The first-order valence-corrected chi connectivity index (χ1v) is 8.12. The average Bonchev–Trinajstić information content (AvgIpc) is 2.71. The van der Waals surface area contributed by atoms with Gasteiger partial charge >= 0.3 is 0 Å². The number of hydrogen-bond acceptors (Lipinski definition) is 3. The summed E-state index contributed by atoms with van der Waals surface area (Å²) in [6.07, 6.45) is 16.3. The van der Waals surface area contributed by atoms with Crippen molar-refractivity contribution in [2.75, 3.05) is 7.05 Å². The molecule has 112 valence electrons. The molecule has 0 aromatic heterocycles. The van der Waals surface area contributed by atoms with E-state index in [1.165, 1.54) is 11.1 Å². The van der Waals surface area contributed by atoms with Crippen LogP contribution in [0.4, 0.5) is 0 Å². The molecule has 0 fully saturated rings. The quantitative estimate of drug-likeness (QED) is 0.375. The zero-order valence-corrected chi connectivity index (χ0v) is 14.2. The van der Waals surface area contributed by atoms with Gasteiger partial charge in [0.15, 0.2) is 0 Å². The topological polar surface area (TPSA) is 24.7 Å². The van der Waals surface area contributed by atoms with Gasteiger partial charge in [0, 0.05) is 25.0 Å². The Morgan fingerprint density at radius 3 is 2.90 bits per heavy atom. The summed E-state index contributed by atoms with van der Waals surface area (Å²) in [6, 6.07) is 0. The fraction of sp³-hybridized carbons (Fsp3) is 0.333. The Morgan fingerprint density at radius 2 is 2.24 bits per heavy atom. The fourth-order valence-corrected chi connectivity index (χ4v) is 2.59. The van der Waals surface area contributed by atoms with Gasteiger partial charge < -0.3 is 0 Å². The minimum Gasteiger partial charge on any atom is -0.281 e. The third-order valence-corrected chi connectivity index (χ3v) is 3.93. The van der Waals surface area contributed by atoms with E-state index >= 15 is 0 Å². The second-order valence-corrected chi connectivity index (χ2v) is 5.50. The number of thioether (sulfide) groups is 1. The summed E-state index contributed by atoms with van der Waals surface area (Å²) < 4.78 is 0. The van der Waals surface area contributed by atoms with E-state index in [1.807, 2.05) is 19.5 Å². The van der Waals surface area contributed by atoms with E-state index in [0.29, 0.717) is 0 Å². The van der Waals surface area contributed by atoms with Crippen LogP contribution in [0.15, 0.2) is 68.7 Å². The molecular formula is C18H24N2S. The second-order valence-electron chi connectivity index (χ2n) is 4.61. The van der Waals surface area contributed by atoms with Gasteiger partial charge in [-0.2, -0.15) is 0 Å². The summed E-state index contributed by atoms with van der Waals surface area (Å²) in [5.41, 5.74) is 3.64. The van der Waals surface area contributed by atoms with Crippen LogP contribution in [0, 0.1) is 0 Å². The van der Waals surface area contributed by atoms with Crippen molar-refractivity contribution in [2.45, 2.75) is 33.6 Å². The molecule has 1 aliphatic heterocycles.